The predicted octanol–water partition coefficient (Wildman–Crippen LogP) is 2.78. The molecular formula is C21H25N9. The molecule has 1 aliphatic rings. The first kappa shape index (κ1) is 19.2. The third-order valence-corrected chi connectivity index (χ3v) is 4.32. The maximum absolute atomic E-state index is 5.91. The van der Waals surface area contributed by atoms with E-state index in [0.717, 1.165) is 22.8 Å². The molecule has 0 saturated carbocycles. The molecule has 0 amide bonds. The maximum Gasteiger partial charge on any atom is 0.0774 e. The number of nitrogens with zero attached hydrogens (tertiary/aromatic N) is 2. The van der Waals surface area contributed by atoms with E-state index >= 15 is 0 Å². The van der Waals surface area contributed by atoms with Gasteiger partial charge in [0, 0.05) is 22.7 Å². The van der Waals surface area contributed by atoms with Gasteiger partial charge in [-0.05, 0) is 54.6 Å². The zero-order valence-corrected chi connectivity index (χ0v) is 16.3. The number of nitrogens with two attached hydrogens (primary N) is 3. The number of nitrogen functional groups attached to an aromatic ring is 3. The van der Waals surface area contributed by atoms with Gasteiger partial charge in [-0.1, -0.05) is 18.2 Å². The van der Waals surface area contributed by atoms with Crippen molar-refractivity contribution >= 4 is 34.1 Å². The lowest BCUT2D eigenvalue weighted by molar-refractivity contribution is 0.0931. The van der Waals surface area contributed by atoms with Crippen LogP contribution in [0.25, 0.3) is 0 Å². The summed E-state index contributed by atoms with van der Waals surface area (Å²) in [4.78, 5) is 0. The second kappa shape index (κ2) is 8.52. The van der Waals surface area contributed by atoms with E-state index in [2.05, 4.69) is 21.7 Å². The Balaban J connectivity index is 1.55. The van der Waals surface area contributed by atoms with Gasteiger partial charge in [0.1, 0.15) is 0 Å². The number of nitrogens with one attached hydrogen (secondary N) is 4. The molecule has 30 heavy (non-hydrogen) atoms. The minimum atomic E-state index is 0.540. The van der Waals surface area contributed by atoms with E-state index in [-0.39, 0.29) is 0 Å². The summed E-state index contributed by atoms with van der Waals surface area (Å²) < 4.78 is 0. The Bertz CT molecular complexity index is 1050. The molecule has 154 valence electrons. The molecule has 0 unspecified atom stereocenters. The summed E-state index contributed by atoms with van der Waals surface area (Å²) in [6, 6.07) is 22.7. The minimum Gasteiger partial charge on any atom is -0.399 e. The van der Waals surface area contributed by atoms with Crippen LogP contribution < -0.4 is 38.9 Å². The van der Waals surface area contributed by atoms with Crippen LogP contribution in [0.5, 0.6) is 0 Å². The van der Waals surface area contributed by atoms with Crippen LogP contribution in [-0.4, -0.2) is 16.8 Å². The molecule has 0 fully saturated rings. The van der Waals surface area contributed by atoms with Crippen molar-refractivity contribution in [3.05, 3.63) is 84.7 Å². The summed E-state index contributed by atoms with van der Waals surface area (Å²) in [5.74, 6) is 0. The molecule has 0 aromatic heterocycles. The summed E-state index contributed by atoms with van der Waals surface area (Å²) >= 11 is 0. The van der Waals surface area contributed by atoms with Crippen LogP contribution in [0.15, 0.2) is 84.7 Å². The highest BCUT2D eigenvalue weighted by molar-refractivity contribution is 5.58. The summed E-state index contributed by atoms with van der Waals surface area (Å²) in [5.41, 5.74) is 33.1. The molecule has 0 spiro atoms. The van der Waals surface area contributed by atoms with Gasteiger partial charge in [-0.2, -0.15) is 0 Å². The molecule has 9 nitrogen and oxygen atoms in total. The number of hydrogen-bond acceptors (Lipinski definition) is 9. The predicted molar refractivity (Wildman–Crippen MR) is 123 cm³/mol. The molecule has 0 saturated heterocycles. The molecule has 3 aromatic rings. The molecule has 1 heterocycles. The Labute approximate surface area is 175 Å². The molecule has 4 rings (SSSR count). The van der Waals surface area contributed by atoms with Gasteiger partial charge in [0.15, 0.2) is 0 Å². The minimum absolute atomic E-state index is 0.540. The summed E-state index contributed by atoms with van der Waals surface area (Å²) in [7, 11) is 0. The van der Waals surface area contributed by atoms with E-state index < -0.39 is 0 Å². The van der Waals surface area contributed by atoms with Gasteiger partial charge in [0.2, 0.25) is 0 Å². The first-order valence-corrected chi connectivity index (χ1v) is 9.44. The normalized spacial score (nSPS) is 14.1. The van der Waals surface area contributed by atoms with E-state index in [9.17, 15) is 0 Å². The third kappa shape index (κ3) is 5.04. The van der Waals surface area contributed by atoms with Crippen molar-refractivity contribution in [1.82, 2.24) is 15.8 Å². The fraction of sp³-hybridized carbons (Fsp3) is 0.0476. The van der Waals surface area contributed by atoms with Gasteiger partial charge >= 0.3 is 0 Å². The standard InChI is InChI=1S/C21H25N9/c22-15-4-1-7-18(10-15)25-21-13-29(26-19-8-2-5-16(23)11-19)28-30(14-21)27-20-9-3-6-17(24)12-20/h1-13,25-28H,14,22-24H2. The smallest absolute Gasteiger partial charge is 0.0774 e. The molecule has 0 bridgehead atoms. The Morgan fingerprint density at radius 2 is 1.23 bits per heavy atom. The molecule has 1 aliphatic heterocycles. The fourth-order valence-electron chi connectivity index (χ4n) is 3.07. The van der Waals surface area contributed by atoms with E-state index in [0.29, 0.717) is 23.6 Å². The second-order valence-corrected chi connectivity index (χ2v) is 6.94. The van der Waals surface area contributed by atoms with Crippen LogP contribution in [0, 0.1) is 0 Å². The van der Waals surface area contributed by atoms with Crippen LogP contribution in [0.4, 0.5) is 34.1 Å². The summed E-state index contributed by atoms with van der Waals surface area (Å²) in [6.07, 6.45) is 1.92. The van der Waals surface area contributed by atoms with Gasteiger partial charge in [-0.3, -0.25) is 5.43 Å². The Kier molecular flexibility index (Phi) is 5.46. The molecule has 3 aromatic carbocycles. The Hall–Kier alpha value is -4.08. The van der Waals surface area contributed by atoms with E-state index in [1.165, 1.54) is 0 Å². The average molecular weight is 403 g/mol. The van der Waals surface area contributed by atoms with Crippen molar-refractivity contribution in [1.29, 1.82) is 0 Å². The first-order valence-electron chi connectivity index (χ1n) is 9.44. The maximum atomic E-state index is 5.91. The fourth-order valence-corrected chi connectivity index (χ4v) is 3.07. The van der Waals surface area contributed by atoms with Crippen molar-refractivity contribution in [2.24, 2.45) is 0 Å². The van der Waals surface area contributed by atoms with Crippen molar-refractivity contribution < 1.29 is 0 Å². The molecule has 0 atom stereocenters. The van der Waals surface area contributed by atoms with Gasteiger partial charge in [0.05, 0.1) is 29.8 Å². The zero-order valence-electron chi connectivity index (χ0n) is 16.3. The van der Waals surface area contributed by atoms with Crippen molar-refractivity contribution in [2.45, 2.75) is 0 Å². The number of hydrogen-bond donors (Lipinski definition) is 7. The Morgan fingerprint density at radius 3 is 1.83 bits per heavy atom. The lowest BCUT2D eigenvalue weighted by Gasteiger charge is -2.37. The SMILES string of the molecule is Nc1cccc(NC2=CN(Nc3cccc(N)c3)NN(Nc3cccc(N)c3)C2)c1. The van der Waals surface area contributed by atoms with Crippen LogP contribution in [0.1, 0.15) is 0 Å². The van der Waals surface area contributed by atoms with Gasteiger partial charge in [0.25, 0.3) is 0 Å². The Morgan fingerprint density at radius 1 is 0.700 bits per heavy atom. The number of anilines is 6. The summed E-state index contributed by atoms with van der Waals surface area (Å²) in [5, 5.41) is 6.95. The number of benzene rings is 3. The lowest BCUT2D eigenvalue weighted by Crippen LogP contribution is -2.56. The van der Waals surface area contributed by atoms with Crippen LogP contribution in [0.2, 0.25) is 0 Å². The van der Waals surface area contributed by atoms with Gasteiger partial charge < -0.3 is 27.9 Å². The highest BCUT2D eigenvalue weighted by Gasteiger charge is 2.18. The molecule has 0 radical (unpaired) electrons. The average Bonchev–Trinajstić information content (AvgIpc) is 2.68. The molecule has 0 aliphatic carbocycles. The van der Waals surface area contributed by atoms with Crippen LogP contribution in [-0.2, 0) is 0 Å². The van der Waals surface area contributed by atoms with E-state index in [1.807, 2.05) is 84.1 Å². The molecular weight excluding hydrogens is 378 g/mol. The quantitative estimate of drug-likeness (QED) is 0.310. The highest BCUT2D eigenvalue weighted by Crippen LogP contribution is 2.19. The van der Waals surface area contributed by atoms with Crippen molar-refractivity contribution in [3.8, 4) is 0 Å². The number of rotatable bonds is 6. The first-order chi connectivity index (χ1) is 14.5. The van der Waals surface area contributed by atoms with E-state index in [4.69, 9.17) is 17.2 Å². The zero-order chi connectivity index (χ0) is 20.9. The largest absolute Gasteiger partial charge is 0.399 e. The highest BCUT2D eigenvalue weighted by atomic mass is 15.9. The van der Waals surface area contributed by atoms with Crippen molar-refractivity contribution in [2.75, 3.05) is 39.9 Å². The topological polar surface area (TPSA) is 133 Å². The third-order valence-electron chi connectivity index (χ3n) is 4.32. The van der Waals surface area contributed by atoms with Crippen molar-refractivity contribution in [3.63, 3.8) is 0 Å². The summed E-state index contributed by atoms with van der Waals surface area (Å²) in [6.45, 7) is 0.540. The monoisotopic (exact) mass is 403 g/mol. The van der Waals surface area contributed by atoms with Crippen LogP contribution in [0.3, 0.4) is 0 Å². The van der Waals surface area contributed by atoms with Gasteiger partial charge in [-0.15, -0.1) is 10.7 Å². The lowest BCUT2D eigenvalue weighted by atomic mass is 10.2. The van der Waals surface area contributed by atoms with Gasteiger partial charge in [-0.25, -0.2) is 5.12 Å². The van der Waals surface area contributed by atoms with Crippen LogP contribution >= 0.6 is 0 Å². The molecule has 10 N–H and O–H groups in total. The number of hydrazine groups is 4. The second-order valence-electron chi connectivity index (χ2n) is 6.94. The van der Waals surface area contributed by atoms with E-state index in [1.54, 1.807) is 5.12 Å². The molecule has 9 heteroatoms.